The van der Waals surface area contributed by atoms with Crippen molar-refractivity contribution in [2.75, 3.05) is 19.1 Å². The number of rotatable bonds is 9. The van der Waals surface area contributed by atoms with Crippen LogP contribution < -0.4 is 9.64 Å². The topological polar surface area (TPSA) is 59.1 Å². The van der Waals surface area contributed by atoms with Crippen molar-refractivity contribution < 1.29 is 19.2 Å². The van der Waals surface area contributed by atoms with Crippen LogP contribution >= 0.6 is 0 Å². The number of hydrogen-bond acceptors (Lipinski definition) is 4. The molecule has 0 aromatic heterocycles. The molecule has 2 aromatic carbocycles. The fourth-order valence-electron chi connectivity index (χ4n) is 4.88. The summed E-state index contributed by atoms with van der Waals surface area (Å²) in [4.78, 5) is 32.6. The molecule has 0 saturated carbocycles. The Hall–Kier alpha value is -4.16. The lowest BCUT2D eigenvalue weighted by molar-refractivity contribution is -0.169. The van der Waals surface area contributed by atoms with Gasteiger partial charge in [-0.25, -0.2) is 5.06 Å². The number of nitrogens with zero attached hydrogens (tertiary/aromatic N) is 2. The van der Waals surface area contributed by atoms with Gasteiger partial charge in [0.1, 0.15) is 12.4 Å². The van der Waals surface area contributed by atoms with Gasteiger partial charge < -0.3 is 9.64 Å². The Kier molecular flexibility index (Phi) is 7.19. The van der Waals surface area contributed by atoms with Crippen LogP contribution in [-0.4, -0.2) is 31.0 Å². The third-order valence-corrected chi connectivity index (χ3v) is 6.97. The fourth-order valence-corrected chi connectivity index (χ4v) is 4.88. The van der Waals surface area contributed by atoms with Gasteiger partial charge in [0.2, 0.25) is 11.8 Å². The van der Waals surface area contributed by atoms with Crippen LogP contribution in [-0.2, 0) is 21.0 Å². The molecule has 1 aliphatic heterocycles. The average molecular weight is 495 g/mol. The molecule has 0 bridgehead atoms. The first-order chi connectivity index (χ1) is 18.0. The Balaban J connectivity index is 1.38. The van der Waals surface area contributed by atoms with Crippen LogP contribution in [0.15, 0.2) is 97.1 Å². The van der Waals surface area contributed by atoms with Gasteiger partial charge in [-0.2, -0.15) is 0 Å². The highest BCUT2D eigenvalue weighted by atomic mass is 16.7. The van der Waals surface area contributed by atoms with Gasteiger partial charge in [0.15, 0.2) is 0 Å². The normalized spacial score (nSPS) is 16.9. The highest BCUT2D eigenvalue weighted by Crippen LogP contribution is 2.47. The number of fused-ring (bicyclic) bond motifs is 1. The predicted molar refractivity (Wildman–Crippen MR) is 143 cm³/mol. The van der Waals surface area contributed by atoms with E-state index >= 15 is 0 Å². The minimum atomic E-state index is -0.292. The standard InChI is InChI=1S/C31H30N2O4/c1-32(36-2)29(34)18-17-28-30(23-13-15-27(16-14-23)37-21-22-9-5-3-6-10-22)33(31(28)35)26-19-24-11-7-4-8-12-25(24)20-26/h3-16,19-20,28,30H,17-18,21H2,1-2H3/t28-,30-/m1/s1. The molecule has 0 radical (unpaired) electrons. The number of amides is 2. The highest BCUT2D eigenvalue weighted by molar-refractivity contribution is 6.04. The Morgan fingerprint density at radius 1 is 0.892 bits per heavy atom. The van der Waals surface area contributed by atoms with Crippen molar-refractivity contribution >= 4 is 17.5 Å². The Labute approximate surface area is 217 Å². The summed E-state index contributed by atoms with van der Waals surface area (Å²) < 4.78 is 5.96. The summed E-state index contributed by atoms with van der Waals surface area (Å²) in [5.74, 6) is 0.356. The third-order valence-electron chi connectivity index (χ3n) is 6.97. The van der Waals surface area contributed by atoms with Crippen LogP contribution in [0.1, 0.15) is 30.0 Å². The van der Waals surface area contributed by atoms with E-state index in [1.165, 1.54) is 12.2 Å². The number of carbonyl (C=O) groups excluding carboxylic acids is 2. The van der Waals surface area contributed by atoms with Crippen molar-refractivity contribution in [1.29, 1.82) is 0 Å². The fraction of sp³-hybridized carbons (Fsp3) is 0.226. The lowest BCUT2D eigenvalue weighted by Crippen LogP contribution is -2.55. The molecule has 1 heterocycles. The molecule has 2 aliphatic carbocycles. The van der Waals surface area contributed by atoms with Gasteiger partial charge >= 0.3 is 0 Å². The molecule has 0 spiro atoms. The Bertz CT molecular complexity index is 1310. The number of ether oxygens (including phenoxy) is 1. The molecule has 1 fully saturated rings. The zero-order valence-corrected chi connectivity index (χ0v) is 21.0. The van der Waals surface area contributed by atoms with E-state index in [4.69, 9.17) is 9.57 Å². The maximum atomic E-state index is 13.4. The first kappa shape index (κ1) is 24.5. The quantitative estimate of drug-likeness (QED) is 0.216. The van der Waals surface area contributed by atoms with E-state index in [0.29, 0.717) is 13.0 Å². The molecule has 6 nitrogen and oxygen atoms in total. The molecular formula is C31H30N2O4. The number of carbonyl (C=O) groups is 2. The largest absolute Gasteiger partial charge is 0.489 e. The molecule has 0 unspecified atom stereocenters. The molecule has 2 aromatic rings. The zero-order chi connectivity index (χ0) is 25.8. The predicted octanol–water partition coefficient (Wildman–Crippen LogP) is 5.87. The van der Waals surface area contributed by atoms with Crippen LogP contribution in [0.5, 0.6) is 5.75 Å². The molecule has 6 heteroatoms. The van der Waals surface area contributed by atoms with Crippen molar-refractivity contribution in [1.82, 2.24) is 5.06 Å². The number of hydroxylamine groups is 2. The Morgan fingerprint density at radius 2 is 1.51 bits per heavy atom. The van der Waals surface area contributed by atoms with E-state index in [2.05, 4.69) is 12.1 Å². The van der Waals surface area contributed by atoms with Crippen LogP contribution in [0.25, 0.3) is 11.1 Å². The third kappa shape index (κ3) is 5.20. The Morgan fingerprint density at radius 3 is 2.14 bits per heavy atom. The molecule has 3 aliphatic rings. The van der Waals surface area contributed by atoms with Gasteiger partial charge in [-0.3, -0.25) is 14.4 Å². The second-order valence-electron chi connectivity index (χ2n) is 9.25. The number of benzene rings is 2. The lowest BCUT2D eigenvalue weighted by Gasteiger charge is -2.47. The summed E-state index contributed by atoms with van der Waals surface area (Å²) in [6, 6.07) is 32.0. The summed E-state index contributed by atoms with van der Waals surface area (Å²) >= 11 is 0. The number of anilines is 1. The smallest absolute Gasteiger partial charge is 0.245 e. The van der Waals surface area contributed by atoms with Crippen LogP contribution in [0, 0.1) is 5.92 Å². The molecule has 5 rings (SSSR count). The SMILES string of the molecule is CON(C)C(=O)CC[C@H]1C(=O)N(c2cc3cccccc-3c2)[C@@H]1c1ccc(OCc2ccccc2)cc1. The van der Waals surface area contributed by atoms with E-state index in [1.54, 1.807) is 7.05 Å². The minimum Gasteiger partial charge on any atom is -0.489 e. The second-order valence-corrected chi connectivity index (χ2v) is 9.25. The van der Waals surface area contributed by atoms with Crippen LogP contribution in [0.2, 0.25) is 0 Å². The highest BCUT2D eigenvalue weighted by Gasteiger charge is 2.49. The van der Waals surface area contributed by atoms with E-state index in [0.717, 1.165) is 33.7 Å². The average Bonchev–Trinajstić information content (AvgIpc) is 3.19. The van der Waals surface area contributed by atoms with E-state index < -0.39 is 0 Å². The van der Waals surface area contributed by atoms with Gasteiger partial charge in [-0.05, 0) is 52.9 Å². The maximum Gasteiger partial charge on any atom is 0.245 e. The van der Waals surface area contributed by atoms with Crippen molar-refractivity contribution in [3.63, 3.8) is 0 Å². The first-order valence-corrected chi connectivity index (χ1v) is 12.4. The zero-order valence-electron chi connectivity index (χ0n) is 21.0. The molecular weight excluding hydrogens is 464 g/mol. The van der Waals surface area contributed by atoms with E-state index in [-0.39, 0.29) is 30.2 Å². The summed E-state index contributed by atoms with van der Waals surface area (Å²) in [6.45, 7) is 0.490. The van der Waals surface area contributed by atoms with Crippen LogP contribution in [0.4, 0.5) is 5.69 Å². The molecule has 188 valence electrons. The monoisotopic (exact) mass is 494 g/mol. The number of hydrogen-bond donors (Lipinski definition) is 0. The van der Waals surface area contributed by atoms with Gasteiger partial charge in [0, 0.05) is 19.2 Å². The summed E-state index contributed by atoms with van der Waals surface area (Å²) in [6.07, 6.45) is 0.691. The number of β-lactam (4-membered cyclic amide) rings is 1. The van der Waals surface area contributed by atoms with E-state index in [9.17, 15) is 9.59 Å². The lowest BCUT2D eigenvalue weighted by atomic mass is 9.79. The molecule has 2 amide bonds. The second kappa shape index (κ2) is 10.8. The van der Waals surface area contributed by atoms with E-state index in [1.807, 2.05) is 89.8 Å². The summed E-state index contributed by atoms with van der Waals surface area (Å²) in [7, 11) is 3.04. The summed E-state index contributed by atoms with van der Waals surface area (Å²) in [5, 5.41) is 1.21. The molecule has 0 N–H and O–H groups in total. The van der Waals surface area contributed by atoms with Crippen LogP contribution in [0.3, 0.4) is 0 Å². The van der Waals surface area contributed by atoms with Gasteiger partial charge in [-0.15, -0.1) is 0 Å². The van der Waals surface area contributed by atoms with Gasteiger partial charge in [0.05, 0.1) is 19.1 Å². The molecule has 37 heavy (non-hydrogen) atoms. The molecule has 2 atom stereocenters. The summed E-state index contributed by atoms with van der Waals surface area (Å²) in [5.41, 5.74) is 5.15. The van der Waals surface area contributed by atoms with Gasteiger partial charge in [0.25, 0.3) is 0 Å². The maximum absolute atomic E-state index is 13.4. The van der Waals surface area contributed by atoms with Gasteiger partial charge in [-0.1, -0.05) is 72.8 Å². The first-order valence-electron chi connectivity index (χ1n) is 12.4. The van der Waals surface area contributed by atoms with Crippen molar-refractivity contribution in [2.45, 2.75) is 25.5 Å². The minimum absolute atomic E-state index is 0.0296. The molecule has 1 saturated heterocycles. The van der Waals surface area contributed by atoms with Crippen molar-refractivity contribution in [3.8, 4) is 16.9 Å². The van der Waals surface area contributed by atoms with Crippen molar-refractivity contribution in [2.24, 2.45) is 5.92 Å². The van der Waals surface area contributed by atoms with Crippen molar-refractivity contribution in [3.05, 3.63) is 108 Å².